The van der Waals surface area contributed by atoms with Crippen LogP contribution in [0.5, 0.6) is 0 Å². The van der Waals surface area contributed by atoms with E-state index in [0.717, 1.165) is 12.8 Å². The third-order valence-electron chi connectivity index (χ3n) is 6.18. The van der Waals surface area contributed by atoms with Gasteiger partial charge in [0.1, 0.15) is 35.8 Å². The number of aliphatic hydroxyl groups is 2. The van der Waals surface area contributed by atoms with E-state index in [0.29, 0.717) is 17.8 Å². The molecule has 0 aliphatic carbocycles. The Bertz CT molecular complexity index is 992. The summed E-state index contributed by atoms with van der Waals surface area (Å²) in [6.07, 6.45) is 4.32. The zero-order chi connectivity index (χ0) is 25.5. The molecule has 0 radical (unpaired) electrons. The average Bonchev–Trinajstić information content (AvgIpc) is 3.36. The summed E-state index contributed by atoms with van der Waals surface area (Å²) >= 11 is 0. The van der Waals surface area contributed by atoms with Crippen LogP contribution in [0.1, 0.15) is 58.1 Å². The molecular formula is C22H37N4O8P. The van der Waals surface area contributed by atoms with Gasteiger partial charge >= 0.3 is 7.82 Å². The lowest BCUT2D eigenvalue weighted by atomic mass is 9.93. The van der Waals surface area contributed by atoms with E-state index in [1.165, 1.54) is 36.5 Å². The van der Waals surface area contributed by atoms with Crippen molar-refractivity contribution in [3.63, 3.8) is 0 Å². The topological polar surface area (TPSA) is 171 Å². The van der Waals surface area contributed by atoms with Crippen molar-refractivity contribution in [1.29, 1.82) is 0 Å². The molecule has 35 heavy (non-hydrogen) atoms. The van der Waals surface area contributed by atoms with Gasteiger partial charge in [0.15, 0.2) is 5.82 Å². The fourth-order valence-electron chi connectivity index (χ4n) is 4.16. The molecule has 0 amide bonds. The maximum Gasteiger partial charge on any atom is 0.472 e. The number of fused-ring (bicyclic) bond motifs is 1. The summed E-state index contributed by atoms with van der Waals surface area (Å²) in [5.41, 5.74) is 5.43. The average molecular weight is 517 g/mol. The van der Waals surface area contributed by atoms with Crippen LogP contribution in [0.15, 0.2) is 18.5 Å². The number of ether oxygens (including phenoxy) is 2. The van der Waals surface area contributed by atoms with Crippen molar-refractivity contribution in [3.8, 4) is 0 Å². The first-order valence-electron chi connectivity index (χ1n) is 12.0. The van der Waals surface area contributed by atoms with E-state index >= 15 is 0 Å². The van der Waals surface area contributed by atoms with Gasteiger partial charge < -0.3 is 30.3 Å². The minimum Gasteiger partial charge on any atom is -0.387 e. The van der Waals surface area contributed by atoms with Gasteiger partial charge in [-0.15, -0.1) is 0 Å². The molecule has 1 unspecified atom stereocenters. The lowest BCUT2D eigenvalue weighted by Crippen LogP contribution is -2.39. The first kappa shape index (κ1) is 27.9. The number of aliphatic hydroxyl groups excluding tert-OH is 2. The van der Waals surface area contributed by atoms with Crippen LogP contribution in [0.2, 0.25) is 0 Å². The summed E-state index contributed by atoms with van der Waals surface area (Å²) in [6.45, 7) is 3.89. The number of hydrogen-bond donors (Lipinski definition) is 4. The maximum atomic E-state index is 12.2. The molecule has 1 saturated heterocycles. The number of nitrogens with zero attached hydrogens (tertiary/aromatic N) is 3. The second-order valence-corrected chi connectivity index (χ2v) is 10.3. The number of phosphoric acid groups is 1. The van der Waals surface area contributed by atoms with E-state index in [-0.39, 0.29) is 19.0 Å². The largest absolute Gasteiger partial charge is 0.472 e. The number of nitrogen functional groups attached to an aromatic ring is 1. The summed E-state index contributed by atoms with van der Waals surface area (Å²) in [4.78, 5) is 13.9. The highest BCUT2D eigenvalue weighted by Crippen LogP contribution is 2.46. The number of aromatic nitrogens is 3. The lowest BCUT2D eigenvalue weighted by Gasteiger charge is -2.27. The normalized spacial score (nSPS) is 26.4. The number of rotatable bonds is 15. The fourth-order valence-corrected chi connectivity index (χ4v) is 4.87. The first-order valence-corrected chi connectivity index (χ1v) is 13.5. The molecule has 198 valence electrons. The molecule has 2 aromatic rings. The Morgan fingerprint density at radius 1 is 1.14 bits per heavy atom. The molecule has 1 aliphatic heterocycles. The molecule has 0 saturated carbocycles. The van der Waals surface area contributed by atoms with Crippen molar-refractivity contribution < 1.29 is 38.2 Å². The van der Waals surface area contributed by atoms with Gasteiger partial charge in [-0.05, 0) is 25.5 Å². The molecular weight excluding hydrogens is 479 g/mol. The van der Waals surface area contributed by atoms with Crippen LogP contribution < -0.4 is 5.73 Å². The third kappa shape index (κ3) is 6.99. The van der Waals surface area contributed by atoms with Crippen LogP contribution in [-0.2, 0) is 28.7 Å². The Kier molecular flexibility index (Phi) is 10.0. The molecule has 1 fully saturated rings. The van der Waals surface area contributed by atoms with Crippen LogP contribution in [0.4, 0.5) is 5.82 Å². The van der Waals surface area contributed by atoms with Crippen LogP contribution in [0, 0.1) is 0 Å². The van der Waals surface area contributed by atoms with Crippen LogP contribution in [0.3, 0.4) is 0 Å². The molecule has 3 heterocycles. The highest BCUT2D eigenvalue weighted by molar-refractivity contribution is 7.47. The zero-order valence-electron chi connectivity index (χ0n) is 20.3. The first-order chi connectivity index (χ1) is 16.7. The summed E-state index contributed by atoms with van der Waals surface area (Å²) in [5.74, 6) is 0.247. The monoisotopic (exact) mass is 516 g/mol. The standard InChI is InChI=1S/C22H37N4O8P/c1-3-4-5-6-7-8-11-31-12-13-32-35(29,30)33-14-17-19(27)20(28)22(2,34-17)18-10-9-16-21(23)24-15-25-26(16)18/h9-10,15,17,19-20,27-28H,3-8,11-14H2,1-2H3,(H,29,30)(H2,23,24,25)/t17-,19-,20-,22+/m1/s1. The van der Waals surface area contributed by atoms with Crippen molar-refractivity contribution >= 4 is 19.2 Å². The Morgan fingerprint density at radius 2 is 1.89 bits per heavy atom. The SMILES string of the molecule is CCCCCCCCOCCOP(=O)(O)OC[C@H]1O[C@@](C)(c2ccc3c(N)ncnn23)[C@H](O)[C@@H]1O. The number of anilines is 1. The third-order valence-corrected chi connectivity index (χ3v) is 7.17. The van der Waals surface area contributed by atoms with E-state index in [1.54, 1.807) is 19.1 Å². The predicted octanol–water partition coefficient (Wildman–Crippen LogP) is 2.16. The van der Waals surface area contributed by atoms with Crippen molar-refractivity contribution in [2.45, 2.75) is 76.3 Å². The summed E-state index contributed by atoms with van der Waals surface area (Å²) < 4.78 is 35.0. The predicted molar refractivity (Wildman–Crippen MR) is 128 cm³/mol. The highest BCUT2D eigenvalue weighted by Gasteiger charge is 2.54. The van der Waals surface area contributed by atoms with Crippen LogP contribution in [-0.4, -0.2) is 74.4 Å². The molecule has 5 atom stereocenters. The fraction of sp³-hybridized carbons (Fsp3) is 0.727. The van der Waals surface area contributed by atoms with Crippen LogP contribution >= 0.6 is 7.82 Å². The minimum atomic E-state index is -4.41. The Hall–Kier alpha value is -1.63. The summed E-state index contributed by atoms with van der Waals surface area (Å²) in [6, 6.07) is 3.33. The Morgan fingerprint density at radius 3 is 2.66 bits per heavy atom. The molecule has 0 spiro atoms. The number of hydrogen-bond acceptors (Lipinski definition) is 10. The van der Waals surface area contributed by atoms with Gasteiger partial charge in [0.2, 0.25) is 0 Å². The van der Waals surface area contributed by atoms with E-state index in [2.05, 4.69) is 17.0 Å². The van der Waals surface area contributed by atoms with Gasteiger partial charge in [-0.25, -0.2) is 14.1 Å². The molecule has 0 aromatic carbocycles. The minimum absolute atomic E-state index is 0.116. The van der Waals surface area contributed by atoms with E-state index in [1.807, 2.05) is 0 Å². The van der Waals surface area contributed by atoms with Gasteiger partial charge in [0.25, 0.3) is 0 Å². The van der Waals surface area contributed by atoms with Gasteiger partial charge in [0.05, 0.1) is 25.5 Å². The van der Waals surface area contributed by atoms with E-state index in [9.17, 15) is 19.7 Å². The van der Waals surface area contributed by atoms with Gasteiger partial charge in [-0.2, -0.15) is 5.10 Å². The Balaban J connectivity index is 1.44. The van der Waals surface area contributed by atoms with Crippen molar-refractivity contribution in [2.24, 2.45) is 0 Å². The smallest absolute Gasteiger partial charge is 0.387 e. The second kappa shape index (κ2) is 12.6. The van der Waals surface area contributed by atoms with Gasteiger partial charge in [0, 0.05) is 6.61 Å². The maximum absolute atomic E-state index is 12.2. The van der Waals surface area contributed by atoms with Gasteiger partial charge in [-0.3, -0.25) is 9.05 Å². The second-order valence-electron chi connectivity index (χ2n) is 8.84. The van der Waals surface area contributed by atoms with E-state index < -0.39 is 38.3 Å². The van der Waals surface area contributed by atoms with Crippen molar-refractivity contribution in [1.82, 2.24) is 14.6 Å². The molecule has 1 aliphatic rings. The number of unbranched alkanes of at least 4 members (excludes halogenated alkanes) is 5. The molecule has 0 bridgehead atoms. The lowest BCUT2D eigenvalue weighted by molar-refractivity contribution is -0.0889. The van der Waals surface area contributed by atoms with Crippen molar-refractivity contribution in [2.75, 3.05) is 32.2 Å². The molecule has 13 heteroatoms. The summed E-state index contributed by atoms with van der Waals surface area (Å²) in [7, 11) is -4.41. The zero-order valence-corrected chi connectivity index (χ0v) is 21.2. The quantitative estimate of drug-likeness (QED) is 0.202. The van der Waals surface area contributed by atoms with E-state index in [4.69, 9.17) is 24.3 Å². The van der Waals surface area contributed by atoms with Crippen LogP contribution in [0.25, 0.3) is 5.52 Å². The number of phosphoric ester groups is 1. The highest BCUT2D eigenvalue weighted by atomic mass is 31.2. The summed E-state index contributed by atoms with van der Waals surface area (Å²) in [5, 5.41) is 25.4. The number of nitrogens with two attached hydrogens (primary N) is 1. The van der Waals surface area contributed by atoms with Gasteiger partial charge in [-0.1, -0.05) is 39.0 Å². The molecule has 5 N–H and O–H groups in total. The molecule has 3 rings (SSSR count). The molecule has 12 nitrogen and oxygen atoms in total. The van der Waals surface area contributed by atoms with Crippen molar-refractivity contribution in [3.05, 3.63) is 24.2 Å². The Labute approximate surface area is 205 Å². The molecule has 2 aromatic heterocycles.